The Labute approximate surface area is 164 Å². The van der Waals surface area contributed by atoms with E-state index in [1.807, 2.05) is 7.05 Å². The number of aromatic nitrogens is 3. The van der Waals surface area contributed by atoms with Crippen molar-refractivity contribution in [2.75, 3.05) is 31.1 Å². The largest absolute Gasteiger partial charge is 0.330 e. The minimum atomic E-state index is -0.108. The highest BCUT2D eigenvalue weighted by molar-refractivity contribution is 7.22. The van der Waals surface area contributed by atoms with E-state index in [9.17, 15) is 4.79 Å². The lowest BCUT2D eigenvalue weighted by atomic mass is 10.1. The van der Waals surface area contributed by atoms with E-state index in [0.29, 0.717) is 12.4 Å². The zero-order chi connectivity index (χ0) is 19.6. The van der Waals surface area contributed by atoms with Crippen LogP contribution in [0.3, 0.4) is 0 Å². The van der Waals surface area contributed by atoms with Gasteiger partial charge in [-0.2, -0.15) is 0 Å². The van der Waals surface area contributed by atoms with Crippen molar-refractivity contribution in [1.29, 1.82) is 0 Å². The maximum Gasteiger partial charge on any atom is 0.296 e. The lowest BCUT2D eigenvalue weighted by Gasteiger charge is -2.24. The molecule has 27 heavy (non-hydrogen) atoms. The average molecular weight is 386 g/mol. The third kappa shape index (κ3) is 4.04. The molecule has 0 bridgehead atoms. The molecule has 2 heterocycles. The van der Waals surface area contributed by atoms with Crippen LogP contribution in [0.5, 0.6) is 0 Å². The maximum atomic E-state index is 13.2. The maximum absolute atomic E-state index is 13.2. The number of fused-ring (bicyclic) bond motifs is 1. The Balaban J connectivity index is 1.99. The minimum Gasteiger partial charge on any atom is -0.330 e. The Morgan fingerprint density at radius 3 is 2.56 bits per heavy atom. The van der Waals surface area contributed by atoms with E-state index in [-0.39, 0.29) is 5.91 Å². The Hall–Kier alpha value is -2.25. The number of likely N-dealkylation sites (N-methyl/N-ethyl adjacent to an activating group) is 1. The summed E-state index contributed by atoms with van der Waals surface area (Å²) in [7, 11) is 1.84. The molecule has 1 amide bonds. The quantitative estimate of drug-likeness (QED) is 0.623. The van der Waals surface area contributed by atoms with E-state index in [1.165, 1.54) is 11.1 Å². The second-order valence-corrected chi connectivity index (χ2v) is 7.75. The van der Waals surface area contributed by atoms with Gasteiger partial charge in [-0.15, -0.1) is 0 Å². The SMILES string of the molecule is CCN(CC)CCN(C(=O)c1nccn1C)c1nc2cc(C)cc(C)c2s1. The highest BCUT2D eigenvalue weighted by atomic mass is 32.1. The number of carbonyl (C=O) groups excluding carboxylic acids is 1. The number of carbonyl (C=O) groups is 1. The Morgan fingerprint density at radius 2 is 1.93 bits per heavy atom. The molecular formula is C20H27N5OS. The molecule has 0 saturated heterocycles. The summed E-state index contributed by atoms with van der Waals surface area (Å²) in [6.07, 6.45) is 3.45. The van der Waals surface area contributed by atoms with Crippen molar-refractivity contribution in [1.82, 2.24) is 19.4 Å². The molecule has 0 aliphatic rings. The average Bonchev–Trinajstić information content (AvgIpc) is 3.24. The van der Waals surface area contributed by atoms with E-state index in [1.54, 1.807) is 33.2 Å². The van der Waals surface area contributed by atoms with Crippen molar-refractivity contribution in [3.8, 4) is 0 Å². The van der Waals surface area contributed by atoms with Crippen LogP contribution in [0.1, 0.15) is 35.6 Å². The molecule has 6 nitrogen and oxygen atoms in total. The standard InChI is InChI=1S/C20H27N5OS/c1-6-24(7-2)10-11-25(19(26)18-21-8-9-23(18)5)20-22-16-13-14(3)12-15(4)17(16)27-20/h8-9,12-13H,6-7,10-11H2,1-5H3. The molecule has 0 aliphatic heterocycles. The number of nitrogens with zero attached hydrogens (tertiary/aromatic N) is 5. The number of thiazole rings is 1. The summed E-state index contributed by atoms with van der Waals surface area (Å²) < 4.78 is 2.89. The summed E-state index contributed by atoms with van der Waals surface area (Å²) in [4.78, 5) is 26.4. The van der Waals surface area contributed by atoms with Crippen LogP contribution in [0.2, 0.25) is 0 Å². The van der Waals surface area contributed by atoms with Gasteiger partial charge < -0.3 is 9.47 Å². The summed E-state index contributed by atoms with van der Waals surface area (Å²) in [5, 5.41) is 0.735. The van der Waals surface area contributed by atoms with Crippen LogP contribution in [0.25, 0.3) is 10.2 Å². The van der Waals surface area contributed by atoms with Crippen molar-refractivity contribution >= 4 is 32.6 Å². The summed E-state index contributed by atoms with van der Waals surface area (Å²) >= 11 is 1.58. The van der Waals surface area contributed by atoms with Crippen LogP contribution in [0.15, 0.2) is 24.5 Å². The number of imidazole rings is 1. The molecule has 7 heteroatoms. The molecule has 0 N–H and O–H groups in total. The molecule has 0 atom stereocenters. The first-order valence-corrected chi connectivity index (χ1v) is 10.2. The fourth-order valence-electron chi connectivity index (χ4n) is 3.24. The predicted molar refractivity (Wildman–Crippen MR) is 112 cm³/mol. The summed E-state index contributed by atoms with van der Waals surface area (Å²) in [6.45, 7) is 11.7. The van der Waals surface area contributed by atoms with Gasteiger partial charge in [-0.05, 0) is 44.1 Å². The smallest absolute Gasteiger partial charge is 0.296 e. The fraction of sp³-hybridized carbons (Fsp3) is 0.450. The van der Waals surface area contributed by atoms with E-state index in [4.69, 9.17) is 4.98 Å². The first-order chi connectivity index (χ1) is 12.9. The van der Waals surface area contributed by atoms with E-state index < -0.39 is 0 Å². The van der Waals surface area contributed by atoms with Crippen LogP contribution in [-0.4, -0.2) is 51.5 Å². The zero-order valence-corrected chi connectivity index (χ0v) is 17.5. The summed E-state index contributed by atoms with van der Waals surface area (Å²) in [5.41, 5.74) is 3.33. The van der Waals surface area contributed by atoms with Crippen molar-refractivity contribution < 1.29 is 4.79 Å². The Kier molecular flexibility index (Phi) is 5.92. The van der Waals surface area contributed by atoms with Crippen molar-refractivity contribution in [3.63, 3.8) is 0 Å². The van der Waals surface area contributed by atoms with Gasteiger partial charge in [-0.3, -0.25) is 9.69 Å². The van der Waals surface area contributed by atoms with Crippen molar-refractivity contribution in [3.05, 3.63) is 41.5 Å². The van der Waals surface area contributed by atoms with Crippen molar-refractivity contribution in [2.24, 2.45) is 7.05 Å². The predicted octanol–water partition coefficient (Wildman–Crippen LogP) is 3.64. The highest BCUT2D eigenvalue weighted by Crippen LogP contribution is 2.32. The molecule has 0 fully saturated rings. The third-order valence-electron chi connectivity index (χ3n) is 4.83. The van der Waals surface area contributed by atoms with E-state index in [0.717, 1.165) is 35.0 Å². The normalized spacial score (nSPS) is 11.5. The molecule has 2 aromatic heterocycles. The number of benzene rings is 1. The van der Waals surface area contributed by atoms with E-state index >= 15 is 0 Å². The van der Waals surface area contributed by atoms with Crippen LogP contribution >= 0.6 is 11.3 Å². The van der Waals surface area contributed by atoms with Gasteiger partial charge in [-0.1, -0.05) is 31.3 Å². The molecule has 3 aromatic rings. The molecule has 0 saturated carbocycles. The molecule has 3 rings (SSSR count). The van der Waals surface area contributed by atoms with Crippen LogP contribution in [0, 0.1) is 13.8 Å². The molecule has 0 unspecified atom stereocenters. The number of hydrogen-bond donors (Lipinski definition) is 0. The van der Waals surface area contributed by atoms with Crippen LogP contribution < -0.4 is 4.90 Å². The fourth-order valence-corrected chi connectivity index (χ4v) is 4.28. The third-order valence-corrected chi connectivity index (χ3v) is 6.06. The second kappa shape index (κ2) is 8.19. The van der Waals surface area contributed by atoms with Gasteiger partial charge in [0.05, 0.1) is 10.2 Å². The van der Waals surface area contributed by atoms with Gasteiger partial charge in [-0.25, -0.2) is 9.97 Å². The number of rotatable bonds is 7. The first-order valence-electron chi connectivity index (χ1n) is 9.33. The highest BCUT2D eigenvalue weighted by Gasteiger charge is 2.25. The van der Waals surface area contributed by atoms with Gasteiger partial charge in [0.25, 0.3) is 5.91 Å². The molecule has 0 radical (unpaired) electrons. The number of aryl methyl sites for hydroxylation is 3. The van der Waals surface area contributed by atoms with Crippen LogP contribution in [-0.2, 0) is 7.05 Å². The lowest BCUT2D eigenvalue weighted by Crippen LogP contribution is -2.39. The number of anilines is 1. The lowest BCUT2D eigenvalue weighted by molar-refractivity contribution is 0.0971. The molecule has 144 valence electrons. The number of hydrogen-bond acceptors (Lipinski definition) is 5. The summed E-state index contributed by atoms with van der Waals surface area (Å²) in [5.74, 6) is 0.324. The molecular weight excluding hydrogens is 358 g/mol. The van der Waals surface area contributed by atoms with Gasteiger partial charge in [0.2, 0.25) is 0 Å². The Morgan fingerprint density at radius 1 is 1.19 bits per heavy atom. The molecule has 0 aliphatic carbocycles. The number of amides is 1. The minimum absolute atomic E-state index is 0.108. The zero-order valence-electron chi connectivity index (χ0n) is 16.7. The van der Waals surface area contributed by atoms with Gasteiger partial charge in [0.1, 0.15) is 0 Å². The van der Waals surface area contributed by atoms with Gasteiger partial charge in [0.15, 0.2) is 11.0 Å². The molecule has 1 aromatic carbocycles. The second-order valence-electron chi connectivity index (χ2n) is 6.77. The topological polar surface area (TPSA) is 54.3 Å². The monoisotopic (exact) mass is 385 g/mol. The van der Waals surface area contributed by atoms with Crippen molar-refractivity contribution in [2.45, 2.75) is 27.7 Å². The Bertz CT molecular complexity index is 941. The van der Waals surface area contributed by atoms with Gasteiger partial charge in [0, 0.05) is 32.5 Å². The molecule has 0 spiro atoms. The summed E-state index contributed by atoms with van der Waals surface area (Å²) in [6, 6.07) is 4.24. The van der Waals surface area contributed by atoms with Crippen LogP contribution in [0.4, 0.5) is 5.13 Å². The van der Waals surface area contributed by atoms with Gasteiger partial charge >= 0.3 is 0 Å². The van der Waals surface area contributed by atoms with E-state index in [2.05, 4.69) is 49.7 Å². The first kappa shape index (κ1) is 19.5.